The van der Waals surface area contributed by atoms with E-state index in [2.05, 4.69) is 46.4 Å². The Balaban J connectivity index is 0.00000264. The van der Waals surface area contributed by atoms with E-state index < -0.39 is 0 Å². The SMILES string of the molecule is CCc1ccc(CCNC(=NC)N2CCC(COC)C2)cc1.I. The molecule has 0 bridgehead atoms. The van der Waals surface area contributed by atoms with Crippen LogP contribution in [0.15, 0.2) is 29.3 Å². The average molecular weight is 431 g/mol. The maximum Gasteiger partial charge on any atom is 0.193 e. The van der Waals surface area contributed by atoms with Crippen LogP contribution in [-0.2, 0) is 17.6 Å². The van der Waals surface area contributed by atoms with Crippen molar-refractivity contribution < 1.29 is 4.74 Å². The van der Waals surface area contributed by atoms with Crippen molar-refractivity contribution in [3.05, 3.63) is 35.4 Å². The molecule has 1 aromatic carbocycles. The van der Waals surface area contributed by atoms with E-state index in [0.717, 1.165) is 45.0 Å². The number of nitrogens with one attached hydrogen (secondary N) is 1. The Morgan fingerprint density at radius 1 is 1.30 bits per heavy atom. The maximum absolute atomic E-state index is 5.26. The highest BCUT2D eigenvalue weighted by Gasteiger charge is 2.24. The number of hydrogen-bond acceptors (Lipinski definition) is 2. The second-order valence-electron chi connectivity index (χ2n) is 5.95. The van der Waals surface area contributed by atoms with Crippen molar-refractivity contribution in [1.29, 1.82) is 0 Å². The second-order valence-corrected chi connectivity index (χ2v) is 5.95. The Morgan fingerprint density at radius 2 is 2.00 bits per heavy atom. The molecule has 1 aromatic rings. The molecule has 0 radical (unpaired) electrons. The van der Waals surface area contributed by atoms with Gasteiger partial charge in [-0.1, -0.05) is 31.2 Å². The lowest BCUT2D eigenvalue weighted by molar-refractivity contribution is 0.157. The average Bonchev–Trinajstić information content (AvgIpc) is 3.01. The number of benzene rings is 1. The summed E-state index contributed by atoms with van der Waals surface area (Å²) in [6.07, 6.45) is 3.31. The van der Waals surface area contributed by atoms with Gasteiger partial charge in [0.15, 0.2) is 5.96 Å². The van der Waals surface area contributed by atoms with Crippen molar-refractivity contribution >= 4 is 29.9 Å². The number of hydrogen-bond donors (Lipinski definition) is 1. The lowest BCUT2D eigenvalue weighted by Gasteiger charge is -2.21. The molecule has 130 valence electrons. The van der Waals surface area contributed by atoms with E-state index in [4.69, 9.17) is 4.74 Å². The van der Waals surface area contributed by atoms with Crippen molar-refractivity contribution in [3.8, 4) is 0 Å². The van der Waals surface area contributed by atoms with Crippen LogP contribution in [0.4, 0.5) is 0 Å². The van der Waals surface area contributed by atoms with Crippen molar-refractivity contribution in [2.45, 2.75) is 26.2 Å². The lowest BCUT2D eigenvalue weighted by Crippen LogP contribution is -2.41. The Hall–Kier alpha value is -0.820. The molecule has 0 spiro atoms. The van der Waals surface area contributed by atoms with Crippen LogP contribution in [0.3, 0.4) is 0 Å². The summed E-state index contributed by atoms with van der Waals surface area (Å²) >= 11 is 0. The van der Waals surface area contributed by atoms with Gasteiger partial charge < -0.3 is 15.0 Å². The first-order chi connectivity index (χ1) is 10.8. The van der Waals surface area contributed by atoms with Gasteiger partial charge in [-0.05, 0) is 30.4 Å². The summed E-state index contributed by atoms with van der Waals surface area (Å²) in [5.41, 5.74) is 2.77. The van der Waals surface area contributed by atoms with Gasteiger partial charge in [0, 0.05) is 39.7 Å². The first-order valence-electron chi connectivity index (χ1n) is 8.29. The Kier molecular flexibility index (Phi) is 9.55. The minimum absolute atomic E-state index is 0. The van der Waals surface area contributed by atoms with E-state index in [1.807, 2.05) is 7.05 Å². The Labute approximate surface area is 157 Å². The minimum Gasteiger partial charge on any atom is -0.384 e. The van der Waals surface area contributed by atoms with Crippen LogP contribution >= 0.6 is 24.0 Å². The minimum atomic E-state index is 0. The number of nitrogens with zero attached hydrogens (tertiary/aromatic N) is 2. The van der Waals surface area contributed by atoms with Gasteiger partial charge in [-0.2, -0.15) is 0 Å². The predicted octanol–water partition coefficient (Wildman–Crippen LogP) is 2.95. The maximum atomic E-state index is 5.26. The molecule has 0 saturated carbocycles. The molecule has 1 atom stereocenters. The molecule has 0 aliphatic carbocycles. The zero-order chi connectivity index (χ0) is 15.8. The summed E-state index contributed by atoms with van der Waals surface area (Å²) in [6, 6.07) is 8.90. The van der Waals surface area contributed by atoms with Crippen LogP contribution in [0.1, 0.15) is 24.5 Å². The third-order valence-corrected chi connectivity index (χ3v) is 4.33. The molecular formula is C18H30IN3O. The third-order valence-electron chi connectivity index (χ3n) is 4.33. The first kappa shape index (κ1) is 20.2. The Bertz CT molecular complexity index is 476. The van der Waals surface area contributed by atoms with Crippen LogP contribution in [0.5, 0.6) is 0 Å². The molecule has 1 unspecified atom stereocenters. The monoisotopic (exact) mass is 431 g/mol. The smallest absolute Gasteiger partial charge is 0.193 e. The molecule has 1 aliphatic heterocycles. The first-order valence-corrected chi connectivity index (χ1v) is 8.29. The van der Waals surface area contributed by atoms with E-state index in [1.54, 1.807) is 7.11 Å². The fourth-order valence-electron chi connectivity index (χ4n) is 2.99. The number of likely N-dealkylation sites (tertiary alicyclic amines) is 1. The van der Waals surface area contributed by atoms with Gasteiger partial charge >= 0.3 is 0 Å². The highest BCUT2D eigenvalue weighted by atomic mass is 127. The third kappa shape index (κ3) is 6.30. The quantitative estimate of drug-likeness (QED) is 0.428. The molecule has 1 aliphatic rings. The van der Waals surface area contributed by atoms with Crippen molar-refractivity contribution in [1.82, 2.24) is 10.2 Å². The molecule has 1 saturated heterocycles. The van der Waals surface area contributed by atoms with Gasteiger partial charge in [0.2, 0.25) is 0 Å². The van der Waals surface area contributed by atoms with E-state index in [9.17, 15) is 0 Å². The standard InChI is InChI=1S/C18H29N3O.HI/c1-4-15-5-7-16(8-6-15)9-11-20-18(19-2)21-12-10-17(13-21)14-22-3;/h5-8,17H,4,9-14H2,1-3H3,(H,19,20);1H. The van der Waals surface area contributed by atoms with E-state index in [0.29, 0.717) is 5.92 Å². The molecular weight excluding hydrogens is 401 g/mol. The fraction of sp³-hybridized carbons (Fsp3) is 0.611. The zero-order valence-corrected chi connectivity index (χ0v) is 16.9. The largest absolute Gasteiger partial charge is 0.384 e. The van der Waals surface area contributed by atoms with Crippen molar-refractivity contribution in [3.63, 3.8) is 0 Å². The van der Waals surface area contributed by atoms with Gasteiger partial charge in [-0.25, -0.2) is 0 Å². The molecule has 2 rings (SSSR count). The number of guanidine groups is 1. The normalized spacial score (nSPS) is 18.0. The predicted molar refractivity (Wildman–Crippen MR) is 108 cm³/mol. The van der Waals surface area contributed by atoms with Gasteiger partial charge in [0.25, 0.3) is 0 Å². The molecule has 5 heteroatoms. The van der Waals surface area contributed by atoms with Crippen LogP contribution < -0.4 is 5.32 Å². The van der Waals surface area contributed by atoms with Gasteiger partial charge in [0.1, 0.15) is 0 Å². The van der Waals surface area contributed by atoms with E-state index >= 15 is 0 Å². The van der Waals surface area contributed by atoms with Crippen molar-refractivity contribution in [2.24, 2.45) is 10.9 Å². The summed E-state index contributed by atoms with van der Waals surface area (Å²) in [5, 5.41) is 3.49. The van der Waals surface area contributed by atoms with Crippen LogP contribution in [0.25, 0.3) is 0 Å². The number of methoxy groups -OCH3 is 1. The summed E-state index contributed by atoms with van der Waals surface area (Å²) in [6.45, 7) is 6.06. The number of aliphatic imine (C=N–C) groups is 1. The molecule has 0 amide bonds. The summed E-state index contributed by atoms with van der Waals surface area (Å²) < 4.78 is 5.26. The van der Waals surface area contributed by atoms with Crippen LogP contribution in [-0.4, -0.2) is 51.3 Å². The lowest BCUT2D eigenvalue weighted by atomic mass is 10.1. The van der Waals surface area contributed by atoms with Gasteiger partial charge in [-0.3, -0.25) is 4.99 Å². The summed E-state index contributed by atoms with van der Waals surface area (Å²) in [7, 11) is 3.64. The highest BCUT2D eigenvalue weighted by Crippen LogP contribution is 2.16. The molecule has 1 heterocycles. The van der Waals surface area contributed by atoms with Gasteiger partial charge in [0.05, 0.1) is 6.61 Å². The van der Waals surface area contributed by atoms with Gasteiger partial charge in [-0.15, -0.1) is 24.0 Å². The summed E-state index contributed by atoms with van der Waals surface area (Å²) in [5.74, 6) is 1.65. The number of aryl methyl sites for hydroxylation is 1. The molecule has 1 N–H and O–H groups in total. The fourth-order valence-corrected chi connectivity index (χ4v) is 2.99. The van der Waals surface area contributed by atoms with E-state index in [-0.39, 0.29) is 24.0 Å². The highest BCUT2D eigenvalue weighted by molar-refractivity contribution is 14.0. The van der Waals surface area contributed by atoms with Crippen molar-refractivity contribution in [2.75, 3.05) is 40.4 Å². The number of ether oxygens (including phenoxy) is 1. The topological polar surface area (TPSA) is 36.9 Å². The zero-order valence-electron chi connectivity index (χ0n) is 14.5. The molecule has 1 fully saturated rings. The molecule has 0 aromatic heterocycles. The number of rotatable bonds is 6. The van der Waals surface area contributed by atoms with Crippen LogP contribution in [0.2, 0.25) is 0 Å². The second kappa shape index (κ2) is 10.9. The van der Waals surface area contributed by atoms with E-state index in [1.165, 1.54) is 17.5 Å². The molecule has 23 heavy (non-hydrogen) atoms. The van der Waals surface area contributed by atoms with Crippen LogP contribution in [0, 0.1) is 5.92 Å². The molecule has 4 nitrogen and oxygen atoms in total. The summed E-state index contributed by atoms with van der Waals surface area (Å²) in [4.78, 5) is 6.75. The number of halogens is 1. The Morgan fingerprint density at radius 3 is 2.61 bits per heavy atom.